The van der Waals surface area contributed by atoms with Crippen LogP contribution in [0.2, 0.25) is 0 Å². The minimum atomic E-state index is -0.980. The Bertz CT molecular complexity index is 392. The lowest BCUT2D eigenvalue weighted by Gasteiger charge is -2.11. The van der Waals surface area contributed by atoms with Gasteiger partial charge in [0, 0.05) is 6.07 Å². The van der Waals surface area contributed by atoms with E-state index in [-0.39, 0.29) is 17.7 Å². The first-order valence-corrected chi connectivity index (χ1v) is 5.10. The summed E-state index contributed by atoms with van der Waals surface area (Å²) < 4.78 is 13.7. The number of halogens is 2. The number of aliphatic carboxylic acids is 1. The number of carbonyl (C=O) groups is 1. The van der Waals surface area contributed by atoms with Crippen molar-refractivity contribution in [3.8, 4) is 5.75 Å². The van der Waals surface area contributed by atoms with Gasteiger partial charge in [0.25, 0.3) is 0 Å². The minimum Gasteiger partial charge on any atom is -0.507 e. The lowest BCUT2D eigenvalue weighted by Crippen LogP contribution is -2.04. The number of benzene rings is 1. The van der Waals surface area contributed by atoms with Gasteiger partial charge in [-0.3, -0.25) is 4.79 Å². The Morgan fingerprint density at radius 2 is 2.20 bits per heavy atom. The lowest BCUT2D eigenvalue weighted by molar-refractivity contribution is -0.137. The molecule has 1 aromatic rings. The predicted molar refractivity (Wildman–Crippen MR) is 56.4 cm³/mol. The number of carboxylic acids is 1. The Morgan fingerprint density at radius 3 is 2.73 bits per heavy atom. The molecule has 2 N–H and O–H groups in total. The standard InChI is InChI=1S/C10H10BrFO3/c1-5(2-10(14)15)6-3-7(11)9(13)4-8(6)12/h3-5,13H,2H2,1H3,(H,14,15). The maximum Gasteiger partial charge on any atom is 0.303 e. The van der Waals surface area contributed by atoms with Crippen molar-refractivity contribution < 1.29 is 19.4 Å². The van der Waals surface area contributed by atoms with E-state index in [4.69, 9.17) is 5.11 Å². The summed E-state index contributed by atoms with van der Waals surface area (Å²) in [7, 11) is 0. The molecule has 0 aromatic heterocycles. The van der Waals surface area contributed by atoms with Crippen molar-refractivity contribution in [2.24, 2.45) is 0 Å². The highest BCUT2D eigenvalue weighted by molar-refractivity contribution is 9.10. The van der Waals surface area contributed by atoms with E-state index in [1.807, 2.05) is 0 Å². The number of hydrogen-bond donors (Lipinski definition) is 2. The van der Waals surface area contributed by atoms with Gasteiger partial charge in [-0.05, 0) is 33.5 Å². The topological polar surface area (TPSA) is 57.5 Å². The summed E-state index contributed by atoms with van der Waals surface area (Å²) in [4.78, 5) is 10.5. The molecule has 0 fully saturated rings. The van der Waals surface area contributed by atoms with E-state index in [2.05, 4.69) is 15.9 Å². The van der Waals surface area contributed by atoms with Crippen LogP contribution in [0.5, 0.6) is 5.75 Å². The smallest absolute Gasteiger partial charge is 0.303 e. The number of rotatable bonds is 3. The molecule has 1 unspecified atom stereocenters. The normalized spacial score (nSPS) is 12.5. The fourth-order valence-electron chi connectivity index (χ4n) is 1.30. The zero-order chi connectivity index (χ0) is 11.6. The lowest BCUT2D eigenvalue weighted by atomic mass is 9.97. The number of phenols is 1. The Kier molecular flexibility index (Phi) is 3.68. The monoisotopic (exact) mass is 276 g/mol. The van der Waals surface area contributed by atoms with Crippen LogP contribution in [0, 0.1) is 5.82 Å². The van der Waals surface area contributed by atoms with Crippen LogP contribution in [-0.2, 0) is 4.79 Å². The zero-order valence-electron chi connectivity index (χ0n) is 8.00. The second-order valence-corrected chi connectivity index (χ2v) is 4.18. The maximum absolute atomic E-state index is 13.4. The van der Waals surface area contributed by atoms with Crippen LogP contribution in [0.25, 0.3) is 0 Å². The van der Waals surface area contributed by atoms with Gasteiger partial charge in [-0.1, -0.05) is 6.92 Å². The van der Waals surface area contributed by atoms with Crippen LogP contribution in [0.4, 0.5) is 4.39 Å². The fraction of sp³-hybridized carbons (Fsp3) is 0.300. The fourth-order valence-corrected chi connectivity index (χ4v) is 1.66. The second-order valence-electron chi connectivity index (χ2n) is 3.32. The van der Waals surface area contributed by atoms with Gasteiger partial charge in [0.2, 0.25) is 0 Å². The second kappa shape index (κ2) is 4.61. The molecule has 5 heteroatoms. The van der Waals surface area contributed by atoms with Crippen molar-refractivity contribution in [2.45, 2.75) is 19.3 Å². The summed E-state index contributed by atoms with van der Waals surface area (Å²) in [6, 6.07) is 2.37. The highest BCUT2D eigenvalue weighted by Gasteiger charge is 2.16. The molecule has 1 aromatic carbocycles. The zero-order valence-corrected chi connectivity index (χ0v) is 9.58. The first-order chi connectivity index (χ1) is 6.91. The summed E-state index contributed by atoms with van der Waals surface area (Å²) in [5.41, 5.74) is 0.280. The first kappa shape index (κ1) is 12.0. The summed E-state index contributed by atoms with van der Waals surface area (Å²) in [6.45, 7) is 1.62. The van der Waals surface area contributed by atoms with Gasteiger partial charge in [-0.2, -0.15) is 0 Å². The Balaban J connectivity index is 3.03. The van der Waals surface area contributed by atoms with Crippen molar-refractivity contribution in [1.82, 2.24) is 0 Å². The van der Waals surface area contributed by atoms with Crippen LogP contribution >= 0.6 is 15.9 Å². The van der Waals surface area contributed by atoms with Crippen LogP contribution < -0.4 is 0 Å². The summed E-state index contributed by atoms with van der Waals surface area (Å²) >= 11 is 3.05. The van der Waals surface area contributed by atoms with E-state index in [9.17, 15) is 14.3 Å². The number of hydrogen-bond acceptors (Lipinski definition) is 2. The van der Waals surface area contributed by atoms with E-state index in [0.717, 1.165) is 6.07 Å². The average molecular weight is 277 g/mol. The van der Waals surface area contributed by atoms with Crippen LogP contribution in [0.3, 0.4) is 0 Å². The van der Waals surface area contributed by atoms with Gasteiger partial charge in [-0.15, -0.1) is 0 Å². The van der Waals surface area contributed by atoms with Gasteiger partial charge in [0.05, 0.1) is 10.9 Å². The molecule has 0 saturated heterocycles. The molecule has 0 spiro atoms. The molecular formula is C10H10BrFO3. The molecule has 1 atom stereocenters. The van der Waals surface area contributed by atoms with E-state index >= 15 is 0 Å². The van der Waals surface area contributed by atoms with Crippen molar-refractivity contribution in [3.63, 3.8) is 0 Å². The van der Waals surface area contributed by atoms with Crippen molar-refractivity contribution >= 4 is 21.9 Å². The third-order valence-corrected chi connectivity index (χ3v) is 2.71. The van der Waals surface area contributed by atoms with Crippen LogP contribution in [0.15, 0.2) is 16.6 Å². The van der Waals surface area contributed by atoms with Gasteiger partial charge in [0.1, 0.15) is 11.6 Å². The number of carboxylic acid groups (broad SMARTS) is 1. The van der Waals surface area contributed by atoms with E-state index in [1.165, 1.54) is 6.07 Å². The molecule has 0 aliphatic heterocycles. The van der Waals surface area contributed by atoms with Crippen molar-refractivity contribution in [3.05, 3.63) is 28.0 Å². The molecule has 0 heterocycles. The maximum atomic E-state index is 13.4. The van der Waals surface area contributed by atoms with E-state index in [0.29, 0.717) is 4.47 Å². The quantitative estimate of drug-likeness (QED) is 0.893. The Morgan fingerprint density at radius 1 is 1.60 bits per heavy atom. The average Bonchev–Trinajstić information content (AvgIpc) is 2.09. The largest absolute Gasteiger partial charge is 0.507 e. The van der Waals surface area contributed by atoms with Gasteiger partial charge in [0.15, 0.2) is 0 Å². The summed E-state index contributed by atoms with van der Waals surface area (Å²) in [5.74, 6) is -2.20. The molecule has 0 bridgehead atoms. The first-order valence-electron chi connectivity index (χ1n) is 4.31. The Hall–Kier alpha value is -1.10. The highest BCUT2D eigenvalue weighted by Crippen LogP contribution is 2.31. The molecule has 1 rings (SSSR count). The Labute approximate surface area is 94.7 Å². The van der Waals surface area contributed by atoms with Gasteiger partial charge < -0.3 is 10.2 Å². The summed E-state index contributed by atoms with van der Waals surface area (Å²) in [5, 5.41) is 17.8. The van der Waals surface area contributed by atoms with Gasteiger partial charge >= 0.3 is 5.97 Å². The molecule has 0 radical (unpaired) electrons. The molecule has 0 aliphatic carbocycles. The number of aromatic hydroxyl groups is 1. The molecule has 15 heavy (non-hydrogen) atoms. The molecule has 82 valence electrons. The van der Waals surface area contributed by atoms with Crippen molar-refractivity contribution in [1.29, 1.82) is 0 Å². The van der Waals surface area contributed by atoms with E-state index < -0.39 is 17.7 Å². The molecule has 3 nitrogen and oxygen atoms in total. The summed E-state index contributed by atoms with van der Waals surface area (Å²) in [6.07, 6.45) is -0.145. The van der Waals surface area contributed by atoms with Crippen LogP contribution in [0.1, 0.15) is 24.8 Å². The predicted octanol–water partition coefficient (Wildman–Crippen LogP) is 2.87. The molecule has 0 amide bonds. The van der Waals surface area contributed by atoms with Crippen LogP contribution in [-0.4, -0.2) is 16.2 Å². The third-order valence-electron chi connectivity index (χ3n) is 2.08. The third kappa shape index (κ3) is 2.92. The highest BCUT2D eigenvalue weighted by atomic mass is 79.9. The van der Waals surface area contributed by atoms with Crippen molar-refractivity contribution in [2.75, 3.05) is 0 Å². The molecule has 0 saturated carbocycles. The SMILES string of the molecule is CC(CC(=O)O)c1cc(Br)c(O)cc1F. The number of phenolic OH excluding ortho intramolecular Hbond substituents is 1. The minimum absolute atomic E-state index is 0.145. The molecular weight excluding hydrogens is 267 g/mol. The van der Waals surface area contributed by atoms with Gasteiger partial charge in [-0.25, -0.2) is 4.39 Å². The van der Waals surface area contributed by atoms with E-state index in [1.54, 1.807) is 6.92 Å². The molecule has 0 aliphatic rings.